The molecule has 3 nitrogen and oxygen atoms in total. The first kappa shape index (κ1) is 13.2. The summed E-state index contributed by atoms with van der Waals surface area (Å²) in [6.07, 6.45) is 2.39. The minimum atomic E-state index is -0.0680. The van der Waals surface area contributed by atoms with Crippen LogP contribution >= 0.6 is 0 Å². The highest BCUT2D eigenvalue weighted by atomic mass is 16.2. The predicted octanol–water partition coefficient (Wildman–Crippen LogP) is 2.45. The molecule has 3 atom stereocenters. The zero-order valence-corrected chi connectivity index (χ0v) is 10.8. The lowest BCUT2D eigenvalue weighted by Gasteiger charge is -2.20. The van der Waals surface area contributed by atoms with Crippen LogP contribution in [0.1, 0.15) is 47.0 Å². The maximum absolute atomic E-state index is 12.1. The first-order chi connectivity index (χ1) is 7.51. The van der Waals surface area contributed by atoms with E-state index in [0.717, 1.165) is 12.8 Å². The van der Waals surface area contributed by atoms with Crippen LogP contribution in [-0.2, 0) is 9.59 Å². The van der Waals surface area contributed by atoms with Gasteiger partial charge in [0.05, 0.1) is 0 Å². The number of nitrogens with zero attached hydrogens (tertiary/aromatic N) is 1. The third kappa shape index (κ3) is 2.63. The zero-order valence-electron chi connectivity index (χ0n) is 10.8. The Balaban J connectivity index is 2.67. The van der Waals surface area contributed by atoms with Gasteiger partial charge in [-0.2, -0.15) is 0 Å². The van der Waals surface area contributed by atoms with Crippen molar-refractivity contribution in [1.29, 1.82) is 0 Å². The molecule has 0 aromatic rings. The fraction of sp³-hybridized carbons (Fsp3) is 0.846. The minimum absolute atomic E-state index is 0.0237. The van der Waals surface area contributed by atoms with E-state index < -0.39 is 0 Å². The molecule has 0 radical (unpaired) electrons. The first-order valence-electron chi connectivity index (χ1n) is 6.35. The van der Waals surface area contributed by atoms with Crippen molar-refractivity contribution in [2.24, 2.45) is 17.8 Å². The summed E-state index contributed by atoms with van der Waals surface area (Å²) in [6, 6.07) is 0. The summed E-state index contributed by atoms with van der Waals surface area (Å²) in [6.45, 7) is 8.89. The topological polar surface area (TPSA) is 37.4 Å². The van der Waals surface area contributed by atoms with Gasteiger partial charge in [-0.15, -0.1) is 0 Å². The van der Waals surface area contributed by atoms with Gasteiger partial charge in [0.25, 0.3) is 0 Å². The average Bonchev–Trinajstić information content (AvgIpc) is 2.55. The van der Waals surface area contributed by atoms with E-state index in [-0.39, 0.29) is 17.7 Å². The van der Waals surface area contributed by atoms with Crippen molar-refractivity contribution < 1.29 is 9.59 Å². The molecular formula is C13H23NO2. The van der Waals surface area contributed by atoms with Crippen LogP contribution in [0.4, 0.5) is 0 Å². The number of rotatable bonds is 5. The summed E-state index contributed by atoms with van der Waals surface area (Å²) in [5.41, 5.74) is 0. The van der Waals surface area contributed by atoms with Crippen molar-refractivity contribution in [2.45, 2.75) is 47.0 Å². The van der Waals surface area contributed by atoms with Gasteiger partial charge >= 0.3 is 0 Å². The van der Waals surface area contributed by atoms with E-state index in [1.165, 1.54) is 4.90 Å². The molecule has 0 aromatic heterocycles. The molecule has 1 saturated heterocycles. The van der Waals surface area contributed by atoms with Crippen LogP contribution in [0.25, 0.3) is 0 Å². The van der Waals surface area contributed by atoms with Crippen molar-refractivity contribution in [3.63, 3.8) is 0 Å². The third-order valence-electron chi connectivity index (χ3n) is 3.80. The highest BCUT2D eigenvalue weighted by molar-refractivity contribution is 6.03. The van der Waals surface area contributed by atoms with E-state index in [9.17, 15) is 9.59 Å². The van der Waals surface area contributed by atoms with E-state index in [1.807, 2.05) is 0 Å². The summed E-state index contributed by atoms with van der Waals surface area (Å²) in [5.74, 6) is 0.735. The van der Waals surface area contributed by atoms with Gasteiger partial charge in [-0.3, -0.25) is 14.5 Å². The Bertz CT molecular complexity index is 275. The van der Waals surface area contributed by atoms with Crippen LogP contribution in [0.2, 0.25) is 0 Å². The molecule has 92 valence electrons. The van der Waals surface area contributed by atoms with Gasteiger partial charge in [0.2, 0.25) is 11.8 Å². The van der Waals surface area contributed by atoms with Crippen LogP contribution < -0.4 is 0 Å². The normalized spacial score (nSPS) is 25.0. The second-order valence-electron chi connectivity index (χ2n) is 5.05. The number of carbonyl (C=O) groups excluding carboxylic acids is 2. The Morgan fingerprint density at radius 2 is 1.88 bits per heavy atom. The zero-order chi connectivity index (χ0) is 12.3. The van der Waals surface area contributed by atoms with Crippen LogP contribution in [0, 0.1) is 17.8 Å². The number of likely N-dealkylation sites (tertiary alicyclic amines) is 1. The lowest BCUT2D eigenvalue weighted by Crippen LogP contribution is -2.35. The van der Waals surface area contributed by atoms with Crippen molar-refractivity contribution in [1.82, 2.24) is 4.90 Å². The Hall–Kier alpha value is -0.860. The van der Waals surface area contributed by atoms with Crippen molar-refractivity contribution in [2.75, 3.05) is 6.54 Å². The number of hydrogen-bond donors (Lipinski definition) is 0. The van der Waals surface area contributed by atoms with Gasteiger partial charge in [-0.05, 0) is 11.8 Å². The van der Waals surface area contributed by atoms with Crippen LogP contribution in [0.5, 0.6) is 0 Å². The Kier molecular flexibility index (Phi) is 4.51. The van der Waals surface area contributed by atoms with Crippen molar-refractivity contribution in [3.8, 4) is 0 Å². The number of imide groups is 1. The van der Waals surface area contributed by atoms with Gasteiger partial charge in [-0.1, -0.05) is 40.5 Å². The SMILES string of the molecule is CCC(C)CN1C(=O)CC(C(C)CC)C1=O. The molecule has 0 spiro atoms. The molecule has 2 amide bonds. The Morgan fingerprint density at radius 1 is 1.25 bits per heavy atom. The molecule has 1 fully saturated rings. The van der Waals surface area contributed by atoms with E-state index in [2.05, 4.69) is 27.7 Å². The van der Waals surface area contributed by atoms with E-state index in [4.69, 9.17) is 0 Å². The first-order valence-corrected chi connectivity index (χ1v) is 6.35. The summed E-state index contributed by atoms with van der Waals surface area (Å²) in [4.78, 5) is 25.3. The number of hydrogen-bond acceptors (Lipinski definition) is 2. The van der Waals surface area contributed by atoms with Gasteiger partial charge in [0.1, 0.15) is 0 Å². The molecule has 1 aliphatic rings. The Labute approximate surface area is 98.2 Å². The lowest BCUT2D eigenvalue weighted by atomic mass is 9.90. The van der Waals surface area contributed by atoms with E-state index >= 15 is 0 Å². The van der Waals surface area contributed by atoms with Crippen LogP contribution in [-0.4, -0.2) is 23.3 Å². The van der Waals surface area contributed by atoms with Crippen LogP contribution in [0.3, 0.4) is 0 Å². The van der Waals surface area contributed by atoms with E-state index in [1.54, 1.807) is 0 Å². The predicted molar refractivity (Wildman–Crippen MR) is 63.7 cm³/mol. The summed E-state index contributed by atoms with van der Waals surface area (Å²) in [7, 11) is 0. The molecule has 1 heterocycles. The second kappa shape index (κ2) is 5.46. The molecule has 3 heteroatoms. The molecule has 0 N–H and O–H groups in total. The maximum atomic E-state index is 12.1. The number of carbonyl (C=O) groups is 2. The summed E-state index contributed by atoms with van der Waals surface area (Å²) >= 11 is 0. The van der Waals surface area contributed by atoms with Crippen LogP contribution in [0.15, 0.2) is 0 Å². The maximum Gasteiger partial charge on any atom is 0.233 e. The molecule has 16 heavy (non-hydrogen) atoms. The van der Waals surface area contributed by atoms with Gasteiger partial charge in [-0.25, -0.2) is 0 Å². The molecular weight excluding hydrogens is 202 g/mol. The van der Waals surface area contributed by atoms with Gasteiger partial charge in [0.15, 0.2) is 0 Å². The average molecular weight is 225 g/mol. The fourth-order valence-corrected chi connectivity index (χ4v) is 2.07. The molecule has 1 rings (SSSR count). The fourth-order valence-electron chi connectivity index (χ4n) is 2.07. The smallest absolute Gasteiger partial charge is 0.233 e. The molecule has 0 aromatic carbocycles. The third-order valence-corrected chi connectivity index (χ3v) is 3.80. The lowest BCUT2D eigenvalue weighted by molar-refractivity contribution is -0.140. The largest absolute Gasteiger partial charge is 0.282 e. The summed E-state index contributed by atoms with van der Waals surface area (Å²) < 4.78 is 0. The van der Waals surface area contributed by atoms with E-state index in [0.29, 0.717) is 24.8 Å². The van der Waals surface area contributed by atoms with Crippen molar-refractivity contribution >= 4 is 11.8 Å². The highest BCUT2D eigenvalue weighted by Crippen LogP contribution is 2.29. The van der Waals surface area contributed by atoms with Gasteiger partial charge in [0, 0.05) is 18.9 Å². The summed E-state index contributed by atoms with van der Waals surface area (Å²) in [5, 5.41) is 0. The Morgan fingerprint density at radius 3 is 2.38 bits per heavy atom. The molecule has 1 aliphatic heterocycles. The molecule has 0 bridgehead atoms. The quantitative estimate of drug-likeness (QED) is 0.674. The molecule has 3 unspecified atom stereocenters. The minimum Gasteiger partial charge on any atom is -0.282 e. The highest BCUT2D eigenvalue weighted by Gasteiger charge is 2.40. The molecule has 0 aliphatic carbocycles. The monoisotopic (exact) mass is 225 g/mol. The standard InChI is InChI=1S/C13H23NO2/c1-5-9(3)8-14-12(15)7-11(13(14)16)10(4)6-2/h9-11H,5-8H2,1-4H3. The van der Waals surface area contributed by atoms with Crippen molar-refractivity contribution in [3.05, 3.63) is 0 Å². The van der Waals surface area contributed by atoms with Gasteiger partial charge < -0.3 is 0 Å². The number of amides is 2. The second-order valence-corrected chi connectivity index (χ2v) is 5.05. The molecule has 0 saturated carbocycles.